The first-order valence-corrected chi connectivity index (χ1v) is 16.0. The summed E-state index contributed by atoms with van der Waals surface area (Å²) in [4.78, 5) is 41.8. The second-order valence-electron chi connectivity index (χ2n) is 13.6. The summed E-state index contributed by atoms with van der Waals surface area (Å²) in [6.45, 7) is 12.0. The van der Waals surface area contributed by atoms with Crippen molar-refractivity contribution in [3.05, 3.63) is 47.8 Å². The van der Waals surface area contributed by atoms with Crippen LogP contribution in [-0.2, 0) is 23.7 Å². The van der Waals surface area contributed by atoms with E-state index >= 15 is 0 Å². The molecule has 2 heterocycles. The summed E-state index contributed by atoms with van der Waals surface area (Å²) in [7, 11) is 1.50. The third-order valence-corrected chi connectivity index (χ3v) is 10.9. The zero-order chi connectivity index (χ0) is 31.9. The van der Waals surface area contributed by atoms with Gasteiger partial charge in [0, 0.05) is 48.4 Å². The van der Waals surface area contributed by atoms with Crippen LogP contribution in [0.15, 0.2) is 42.1 Å². The number of aromatic nitrogens is 1. The normalized spacial score (nSPS) is 40.7. The molecule has 0 spiro atoms. The molecular formula is C34H48N2O8. The van der Waals surface area contributed by atoms with Gasteiger partial charge in [-0.2, -0.15) is 0 Å². The zero-order valence-corrected chi connectivity index (χ0v) is 26.8. The van der Waals surface area contributed by atoms with E-state index < -0.39 is 54.0 Å². The first-order valence-electron chi connectivity index (χ1n) is 16.0. The van der Waals surface area contributed by atoms with Crippen LogP contribution in [0.5, 0.6) is 0 Å². The van der Waals surface area contributed by atoms with E-state index in [1.165, 1.54) is 7.11 Å². The quantitative estimate of drug-likeness (QED) is 0.237. The van der Waals surface area contributed by atoms with Crippen molar-refractivity contribution >= 4 is 18.0 Å². The van der Waals surface area contributed by atoms with Crippen molar-refractivity contribution in [2.75, 3.05) is 7.11 Å². The van der Waals surface area contributed by atoms with Crippen molar-refractivity contribution in [2.24, 2.45) is 40.9 Å². The fourth-order valence-electron chi connectivity index (χ4n) is 7.96. The molecule has 0 bridgehead atoms. The Kier molecular flexibility index (Phi) is 9.33. The van der Waals surface area contributed by atoms with Crippen molar-refractivity contribution in [2.45, 2.75) is 97.4 Å². The number of rotatable bonds is 6. The van der Waals surface area contributed by atoms with Gasteiger partial charge < -0.3 is 34.4 Å². The summed E-state index contributed by atoms with van der Waals surface area (Å²) in [6, 6.07) is 3.57. The van der Waals surface area contributed by atoms with Gasteiger partial charge in [0.25, 0.3) is 0 Å². The molecule has 1 aromatic rings. The number of aromatic amines is 1. The van der Waals surface area contributed by atoms with Gasteiger partial charge in [0.15, 0.2) is 6.10 Å². The summed E-state index contributed by atoms with van der Waals surface area (Å²) >= 11 is 0. The zero-order valence-electron chi connectivity index (χ0n) is 26.8. The van der Waals surface area contributed by atoms with Crippen LogP contribution in [-0.4, -0.2) is 71.8 Å². The average Bonchev–Trinajstić information content (AvgIpc) is 3.61. The molecule has 44 heavy (non-hydrogen) atoms. The number of aliphatic hydroxyl groups excluding tert-OH is 1. The number of amides is 1. The SMILES string of the molecule is CO[C@H]1C[C@H]2C=C[C@H]3[C@@H](C)[C@H](OC(=O)c4ccc[nH]4)[C@H](C)[C@@H](O)[C@H]3[C@]2(C)/C(C)=C/[C@@H](C)[C@@H]([C@@H](C)OC(=O)NC2CC2)OC1=O. The first-order chi connectivity index (χ1) is 20.9. The molecule has 242 valence electrons. The Morgan fingerprint density at radius 2 is 1.91 bits per heavy atom. The summed E-state index contributed by atoms with van der Waals surface area (Å²) < 4.78 is 23.4. The molecule has 0 aromatic carbocycles. The standard InChI is InChI=1S/C34H48N2O8/c1-17-15-18(2)34(6)22(16-26(41-7)32(39)43-29(17)21(5)42-33(40)36-23-11-12-23)10-13-24-19(3)30(20(4)28(37)27(24)34)44-31(38)25-9-8-14-35-25/h8-10,13-15,17,19-24,26-30,35,37H,11-12,16H2,1-7H3,(H,36,40)/b18-15+/t17-,19-,20-,21-,22-,24+,26+,27+,28-,29+,30+,34-/m1/s1. The molecule has 10 nitrogen and oxygen atoms in total. The van der Waals surface area contributed by atoms with E-state index in [2.05, 4.69) is 49.3 Å². The Hall–Kier alpha value is -3.11. The van der Waals surface area contributed by atoms with Crippen LogP contribution in [0.25, 0.3) is 0 Å². The second-order valence-corrected chi connectivity index (χ2v) is 13.6. The lowest BCUT2D eigenvalue weighted by molar-refractivity contribution is -0.172. The van der Waals surface area contributed by atoms with Crippen LogP contribution in [0.4, 0.5) is 4.79 Å². The number of nitrogens with one attached hydrogen (secondary N) is 2. The van der Waals surface area contributed by atoms with E-state index in [-0.39, 0.29) is 41.5 Å². The summed E-state index contributed by atoms with van der Waals surface area (Å²) in [5.41, 5.74) is 0.876. The number of aliphatic hydroxyl groups is 1. The van der Waals surface area contributed by atoms with Gasteiger partial charge in [-0.25, -0.2) is 14.4 Å². The summed E-state index contributed by atoms with van der Waals surface area (Å²) in [6.07, 6.45) is 6.21. The summed E-state index contributed by atoms with van der Waals surface area (Å²) in [5.74, 6) is -2.07. The van der Waals surface area contributed by atoms with Gasteiger partial charge in [0.1, 0.15) is 24.0 Å². The number of ether oxygens (including phenoxy) is 4. The molecule has 3 N–H and O–H groups in total. The van der Waals surface area contributed by atoms with Gasteiger partial charge in [0.2, 0.25) is 0 Å². The Morgan fingerprint density at radius 1 is 1.18 bits per heavy atom. The molecule has 0 radical (unpaired) electrons. The predicted octanol–water partition coefficient (Wildman–Crippen LogP) is 4.80. The highest BCUT2D eigenvalue weighted by molar-refractivity contribution is 5.87. The molecule has 2 fully saturated rings. The predicted molar refractivity (Wildman–Crippen MR) is 162 cm³/mol. The van der Waals surface area contributed by atoms with Gasteiger partial charge in [-0.3, -0.25) is 0 Å². The largest absolute Gasteiger partial charge is 0.457 e. The Morgan fingerprint density at radius 3 is 2.55 bits per heavy atom. The maximum atomic E-state index is 13.5. The molecule has 1 aromatic heterocycles. The monoisotopic (exact) mass is 612 g/mol. The topological polar surface area (TPSA) is 136 Å². The number of methoxy groups -OCH3 is 1. The van der Waals surface area contributed by atoms with Crippen LogP contribution in [0.3, 0.4) is 0 Å². The molecule has 1 aliphatic heterocycles. The first kappa shape index (κ1) is 32.3. The molecule has 2 saturated carbocycles. The third kappa shape index (κ3) is 6.07. The molecule has 3 aliphatic carbocycles. The van der Waals surface area contributed by atoms with Crippen LogP contribution < -0.4 is 5.32 Å². The minimum absolute atomic E-state index is 0.0682. The number of hydrogen-bond donors (Lipinski definition) is 3. The number of allylic oxidation sites excluding steroid dienone is 3. The highest BCUT2D eigenvalue weighted by atomic mass is 16.6. The van der Waals surface area contributed by atoms with E-state index in [4.69, 9.17) is 18.9 Å². The third-order valence-electron chi connectivity index (χ3n) is 10.9. The van der Waals surface area contributed by atoms with Gasteiger partial charge in [-0.15, -0.1) is 0 Å². The maximum absolute atomic E-state index is 13.5. The average molecular weight is 613 g/mol. The van der Waals surface area contributed by atoms with Crippen molar-refractivity contribution in [1.29, 1.82) is 0 Å². The molecule has 10 heteroatoms. The van der Waals surface area contributed by atoms with Crippen LogP contribution in [0, 0.1) is 40.9 Å². The van der Waals surface area contributed by atoms with Crippen LogP contribution in [0.2, 0.25) is 0 Å². The second kappa shape index (κ2) is 12.7. The Labute approximate surface area is 259 Å². The molecular weight excluding hydrogens is 564 g/mol. The molecule has 1 amide bonds. The van der Waals surface area contributed by atoms with Gasteiger partial charge in [-0.1, -0.05) is 51.5 Å². The fraction of sp³-hybridized carbons (Fsp3) is 0.676. The van der Waals surface area contributed by atoms with Crippen molar-refractivity contribution in [1.82, 2.24) is 10.3 Å². The highest BCUT2D eigenvalue weighted by Crippen LogP contribution is 2.58. The van der Waals surface area contributed by atoms with E-state index in [9.17, 15) is 19.5 Å². The van der Waals surface area contributed by atoms with Crippen molar-refractivity contribution < 1.29 is 38.4 Å². The number of fused-ring (bicyclic) bond motifs is 3. The van der Waals surface area contributed by atoms with Crippen LogP contribution in [0.1, 0.15) is 71.3 Å². The van der Waals surface area contributed by atoms with Gasteiger partial charge >= 0.3 is 18.0 Å². The molecule has 12 atom stereocenters. The number of esters is 2. The Balaban J connectivity index is 1.47. The van der Waals surface area contributed by atoms with Crippen LogP contribution >= 0.6 is 0 Å². The number of carbonyl (C=O) groups excluding carboxylic acids is 3. The molecule has 0 unspecified atom stereocenters. The van der Waals surface area contributed by atoms with Gasteiger partial charge in [0.05, 0.1) is 6.10 Å². The minimum atomic E-state index is -0.848. The lowest BCUT2D eigenvalue weighted by Gasteiger charge is -2.58. The van der Waals surface area contributed by atoms with Crippen molar-refractivity contribution in [3.8, 4) is 0 Å². The minimum Gasteiger partial charge on any atom is -0.457 e. The summed E-state index contributed by atoms with van der Waals surface area (Å²) in [5, 5.41) is 14.9. The fourth-order valence-corrected chi connectivity index (χ4v) is 7.96. The number of hydrogen-bond acceptors (Lipinski definition) is 8. The highest BCUT2D eigenvalue weighted by Gasteiger charge is 2.58. The lowest BCUT2D eigenvalue weighted by atomic mass is 9.48. The number of alkyl carbamates (subject to hydrolysis) is 1. The number of cyclic esters (lactones) is 1. The maximum Gasteiger partial charge on any atom is 0.407 e. The molecule has 4 aliphatic rings. The van der Waals surface area contributed by atoms with E-state index in [1.54, 1.807) is 25.3 Å². The van der Waals surface area contributed by atoms with E-state index in [0.29, 0.717) is 12.1 Å². The Bertz CT molecular complexity index is 1270. The number of carbonyl (C=O) groups is 3. The van der Waals surface area contributed by atoms with Crippen molar-refractivity contribution in [3.63, 3.8) is 0 Å². The lowest BCUT2D eigenvalue weighted by Crippen LogP contribution is -2.59. The smallest absolute Gasteiger partial charge is 0.407 e. The van der Waals surface area contributed by atoms with E-state index in [1.807, 2.05) is 13.8 Å². The van der Waals surface area contributed by atoms with E-state index in [0.717, 1.165) is 18.4 Å². The molecule has 0 saturated heterocycles. The van der Waals surface area contributed by atoms with Gasteiger partial charge in [-0.05, 0) is 57.1 Å². The number of H-pyrrole nitrogens is 1. The molecule has 5 rings (SSSR count).